The van der Waals surface area contributed by atoms with Gasteiger partial charge in [0.05, 0.1) is 28.1 Å². The summed E-state index contributed by atoms with van der Waals surface area (Å²) < 4.78 is 6.91. The molecule has 1 N–H and O–H groups in total. The van der Waals surface area contributed by atoms with Crippen molar-refractivity contribution in [2.75, 3.05) is 18.9 Å². The third kappa shape index (κ3) is 5.34. The minimum absolute atomic E-state index is 0.0224. The smallest absolute Gasteiger partial charge is 0.273 e. The number of oxazole rings is 1. The van der Waals surface area contributed by atoms with E-state index in [1.165, 1.54) is 22.6 Å². The van der Waals surface area contributed by atoms with Gasteiger partial charge in [-0.25, -0.2) is 4.98 Å². The van der Waals surface area contributed by atoms with Gasteiger partial charge in [0.15, 0.2) is 5.58 Å². The molecule has 0 spiro atoms. The highest BCUT2D eigenvalue weighted by atomic mass is 35.5. The van der Waals surface area contributed by atoms with Crippen LogP contribution in [0.15, 0.2) is 65.1 Å². The molecule has 5 aromatic rings. The molecule has 8 nitrogen and oxygen atoms in total. The Bertz CT molecular complexity index is 1640. The van der Waals surface area contributed by atoms with Gasteiger partial charge >= 0.3 is 0 Å². The first-order valence-corrected chi connectivity index (χ1v) is 12.8. The van der Waals surface area contributed by atoms with Crippen molar-refractivity contribution in [3.05, 3.63) is 97.7 Å². The summed E-state index contributed by atoms with van der Waals surface area (Å²) in [6.07, 6.45) is 0.802. The largest absolute Gasteiger partial charge is 0.439 e. The molecule has 0 aliphatic heterocycles. The molecule has 37 heavy (non-hydrogen) atoms. The zero-order chi connectivity index (χ0) is 26.1. The van der Waals surface area contributed by atoms with Crippen molar-refractivity contribution in [2.45, 2.75) is 19.9 Å². The lowest BCUT2D eigenvalue weighted by molar-refractivity contribution is -0.384. The van der Waals surface area contributed by atoms with Crippen molar-refractivity contribution in [1.29, 1.82) is 0 Å². The summed E-state index contributed by atoms with van der Waals surface area (Å²) in [6, 6.07) is 17.3. The first-order valence-electron chi connectivity index (χ1n) is 11.6. The topological polar surface area (TPSA) is 102 Å². The molecule has 0 unspecified atom stereocenters. The Balaban J connectivity index is 1.29. The summed E-state index contributed by atoms with van der Waals surface area (Å²) in [6.45, 7) is 3.33. The van der Waals surface area contributed by atoms with Gasteiger partial charge in [-0.1, -0.05) is 23.7 Å². The zero-order valence-corrected chi connectivity index (χ0v) is 21.7. The number of nitrogens with zero attached hydrogens (tertiary/aromatic N) is 3. The quantitative estimate of drug-likeness (QED) is 0.173. The summed E-state index contributed by atoms with van der Waals surface area (Å²) in [4.78, 5) is 31.1. The molecule has 10 heteroatoms. The summed E-state index contributed by atoms with van der Waals surface area (Å²) >= 11 is 7.91. The number of thiophene rings is 1. The normalized spacial score (nSPS) is 11.5. The number of nitro groups is 1. The molecule has 2 heterocycles. The third-order valence-electron chi connectivity index (χ3n) is 6.14. The van der Waals surface area contributed by atoms with Crippen LogP contribution in [0.4, 0.5) is 11.4 Å². The van der Waals surface area contributed by atoms with E-state index in [9.17, 15) is 14.9 Å². The molecular formula is C27H23ClN4O4S. The molecule has 0 bridgehead atoms. The van der Waals surface area contributed by atoms with E-state index in [2.05, 4.69) is 22.1 Å². The number of nitrogens with one attached hydrogen (secondary N) is 1. The Morgan fingerprint density at radius 2 is 2.00 bits per heavy atom. The van der Waals surface area contributed by atoms with Gasteiger partial charge in [0, 0.05) is 27.9 Å². The summed E-state index contributed by atoms with van der Waals surface area (Å²) in [5.74, 6) is 0.260. The number of fused-ring (bicyclic) bond motifs is 2. The number of rotatable bonds is 8. The van der Waals surface area contributed by atoms with Crippen LogP contribution >= 0.6 is 22.9 Å². The van der Waals surface area contributed by atoms with Crippen LogP contribution in [0.1, 0.15) is 26.7 Å². The maximum atomic E-state index is 12.7. The SMILES string of the molecule is Cc1sc2ccc(NC(=O)c3ccccc3Cl)cc2c1CCN(C)Cc1nc2ccc([N+](=O)[O-])cc2o1. The number of aromatic nitrogens is 1. The molecular weight excluding hydrogens is 512 g/mol. The van der Waals surface area contributed by atoms with E-state index in [0.29, 0.717) is 39.8 Å². The number of anilines is 1. The van der Waals surface area contributed by atoms with Gasteiger partial charge in [0.25, 0.3) is 11.6 Å². The van der Waals surface area contributed by atoms with Crippen molar-refractivity contribution >= 4 is 61.4 Å². The maximum Gasteiger partial charge on any atom is 0.273 e. The van der Waals surface area contributed by atoms with Crippen LogP contribution in [0.5, 0.6) is 0 Å². The maximum absolute atomic E-state index is 12.7. The summed E-state index contributed by atoms with van der Waals surface area (Å²) in [7, 11) is 1.98. The number of hydrogen-bond donors (Lipinski definition) is 1. The monoisotopic (exact) mass is 534 g/mol. The molecule has 0 aliphatic rings. The Morgan fingerprint density at radius 1 is 1.19 bits per heavy atom. The number of nitro benzene ring substituents is 1. The standard InChI is InChI=1S/C27H23ClN4O4S/c1-16-19(11-12-31(2)15-26-30-23-9-8-18(32(34)35)14-24(23)36-26)21-13-17(7-10-25(21)37-16)29-27(33)20-5-3-4-6-22(20)28/h3-10,13-14H,11-12,15H2,1-2H3,(H,29,33). The second-order valence-corrected chi connectivity index (χ2v) is 10.4. The molecule has 0 aliphatic carbocycles. The predicted molar refractivity (Wildman–Crippen MR) is 147 cm³/mol. The molecule has 0 atom stereocenters. The van der Waals surface area contributed by atoms with Gasteiger partial charge in [-0.05, 0) is 67.7 Å². The molecule has 0 saturated heterocycles. The van der Waals surface area contributed by atoms with Crippen molar-refractivity contribution < 1.29 is 14.1 Å². The van der Waals surface area contributed by atoms with Crippen molar-refractivity contribution in [3.63, 3.8) is 0 Å². The van der Waals surface area contributed by atoms with Gasteiger partial charge in [0.1, 0.15) is 5.52 Å². The first-order chi connectivity index (χ1) is 17.8. The number of benzene rings is 3. The Kier molecular flexibility index (Phi) is 6.92. The van der Waals surface area contributed by atoms with Crippen LogP contribution in [0.25, 0.3) is 21.2 Å². The van der Waals surface area contributed by atoms with Crippen molar-refractivity contribution in [1.82, 2.24) is 9.88 Å². The van der Waals surface area contributed by atoms with Crippen LogP contribution in [-0.4, -0.2) is 34.3 Å². The predicted octanol–water partition coefficient (Wildman–Crippen LogP) is 6.84. The molecule has 0 radical (unpaired) electrons. The number of halogens is 1. The number of amides is 1. The van der Waals surface area contributed by atoms with Gasteiger partial charge in [-0.15, -0.1) is 11.3 Å². The average molecular weight is 535 g/mol. The fraction of sp³-hybridized carbons (Fsp3) is 0.185. The molecule has 0 saturated carbocycles. The fourth-order valence-electron chi connectivity index (χ4n) is 4.26. The minimum atomic E-state index is -0.449. The Hall–Kier alpha value is -3.79. The zero-order valence-electron chi connectivity index (χ0n) is 20.2. The fourth-order valence-corrected chi connectivity index (χ4v) is 5.57. The highest BCUT2D eigenvalue weighted by molar-refractivity contribution is 7.19. The molecule has 0 fully saturated rings. The Morgan fingerprint density at radius 3 is 2.78 bits per heavy atom. The van der Waals surface area contributed by atoms with E-state index >= 15 is 0 Å². The molecule has 2 aromatic heterocycles. The second-order valence-electron chi connectivity index (χ2n) is 8.79. The lowest BCUT2D eigenvalue weighted by Crippen LogP contribution is -2.21. The summed E-state index contributed by atoms with van der Waals surface area (Å²) in [5.41, 5.74) is 3.36. The van der Waals surface area contributed by atoms with Crippen LogP contribution in [0.2, 0.25) is 5.02 Å². The van der Waals surface area contributed by atoms with E-state index in [-0.39, 0.29) is 11.6 Å². The number of likely N-dealkylation sites (N-methyl/N-ethyl adjacent to an activating group) is 1. The number of carbonyl (C=O) groups is 1. The molecule has 5 rings (SSSR count). The number of hydrogen-bond acceptors (Lipinski definition) is 7. The molecule has 1 amide bonds. The van der Waals surface area contributed by atoms with Crippen molar-refractivity contribution in [3.8, 4) is 0 Å². The second kappa shape index (κ2) is 10.3. The first kappa shape index (κ1) is 24.9. The van der Waals surface area contributed by atoms with Crippen LogP contribution in [-0.2, 0) is 13.0 Å². The lowest BCUT2D eigenvalue weighted by Gasteiger charge is -2.14. The number of carbonyl (C=O) groups excluding carboxylic acids is 1. The van der Waals surface area contributed by atoms with E-state index < -0.39 is 4.92 Å². The Labute approximate surface area is 221 Å². The van der Waals surface area contributed by atoms with Crippen LogP contribution in [0, 0.1) is 17.0 Å². The van der Waals surface area contributed by atoms with Gasteiger partial charge in [0.2, 0.25) is 5.89 Å². The van der Waals surface area contributed by atoms with E-state index in [1.807, 2.05) is 25.2 Å². The highest BCUT2D eigenvalue weighted by Crippen LogP contribution is 2.33. The van der Waals surface area contributed by atoms with Crippen molar-refractivity contribution in [2.24, 2.45) is 0 Å². The van der Waals surface area contributed by atoms with Gasteiger partial charge in [-0.3, -0.25) is 19.8 Å². The molecule has 188 valence electrons. The van der Waals surface area contributed by atoms with Gasteiger partial charge in [-0.2, -0.15) is 0 Å². The number of non-ortho nitro benzene ring substituents is 1. The van der Waals surface area contributed by atoms with Gasteiger partial charge < -0.3 is 9.73 Å². The van der Waals surface area contributed by atoms with Crippen LogP contribution < -0.4 is 5.32 Å². The molecule has 3 aromatic carbocycles. The van der Waals surface area contributed by atoms with E-state index in [4.69, 9.17) is 16.0 Å². The van der Waals surface area contributed by atoms with E-state index in [0.717, 1.165) is 23.1 Å². The number of aryl methyl sites for hydroxylation is 1. The average Bonchev–Trinajstić information content (AvgIpc) is 3.41. The minimum Gasteiger partial charge on any atom is -0.439 e. The summed E-state index contributed by atoms with van der Waals surface area (Å²) in [5, 5.41) is 15.5. The highest BCUT2D eigenvalue weighted by Gasteiger charge is 2.16. The lowest BCUT2D eigenvalue weighted by atomic mass is 10.1. The van der Waals surface area contributed by atoms with E-state index in [1.54, 1.807) is 41.7 Å². The van der Waals surface area contributed by atoms with Crippen LogP contribution in [0.3, 0.4) is 0 Å². The third-order valence-corrected chi connectivity index (χ3v) is 7.60.